The summed E-state index contributed by atoms with van der Waals surface area (Å²) in [6.07, 6.45) is 1.26. The zero-order valence-electron chi connectivity index (χ0n) is 5.01. The standard InChI is InChI=1S/C6H7NO2/c1-3-5(8)2-4(7)6(3)9/h2,8H,1H3,(H2,7,9). The molecule has 0 amide bonds. The number of ketones is 1. The van der Waals surface area contributed by atoms with E-state index in [1.165, 1.54) is 13.0 Å². The fourth-order valence-electron chi connectivity index (χ4n) is 0.654. The molecule has 3 nitrogen and oxygen atoms in total. The van der Waals surface area contributed by atoms with Crippen molar-refractivity contribution in [3.8, 4) is 0 Å². The number of allylic oxidation sites excluding steroid dienone is 2. The summed E-state index contributed by atoms with van der Waals surface area (Å²) < 4.78 is 0. The maximum Gasteiger partial charge on any atom is 0.208 e. The molecular formula is C6H7NO2. The van der Waals surface area contributed by atoms with E-state index in [4.69, 9.17) is 10.8 Å². The highest BCUT2D eigenvalue weighted by atomic mass is 16.3. The van der Waals surface area contributed by atoms with Gasteiger partial charge in [0.1, 0.15) is 5.76 Å². The van der Waals surface area contributed by atoms with Gasteiger partial charge in [-0.1, -0.05) is 0 Å². The van der Waals surface area contributed by atoms with Gasteiger partial charge < -0.3 is 10.8 Å². The minimum atomic E-state index is -0.271. The Balaban J connectivity index is 3.06. The van der Waals surface area contributed by atoms with Gasteiger partial charge in [0.15, 0.2) is 0 Å². The Hall–Kier alpha value is -1.25. The molecule has 0 fully saturated rings. The largest absolute Gasteiger partial charge is 0.507 e. The second kappa shape index (κ2) is 1.62. The van der Waals surface area contributed by atoms with Crippen LogP contribution in [0.4, 0.5) is 0 Å². The van der Waals surface area contributed by atoms with E-state index in [2.05, 4.69) is 0 Å². The molecule has 1 rings (SSSR count). The number of nitrogens with two attached hydrogens (primary N) is 1. The predicted octanol–water partition coefficient (Wildman–Crippen LogP) is 0.244. The second-order valence-corrected chi connectivity index (χ2v) is 1.94. The van der Waals surface area contributed by atoms with Crippen molar-refractivity contribution in [2.75, 3.05) is 0 Å². The lowest BCUT2D eigenvalue weighted by Gasteiger charge is -1.88. The zero-order valence-corrected chi connectivity index (χ0v) is 5.01. The molecular weight excluding hydrogens is 118 g/mol. The third kappa shape index (κ3) is 0.700. The summed E-state index contributed by atoms with van der Waals surface area (Å²) in [6.45, 7) is 1.54. The Morgan fingerprint density at radius 2 is 2.22 bits per heavy atom. The summed E-state index contributed by atoms with van der Waals surface area (Å²) in [7, 11) is 0. The minimum absolute atomic E-state index is 0.0162. The molecule has 3 heteroatoms. The van der Waals surface area contributed by atoms with Gasteiger partial charge in [-0.3, -0.25) is 4.79 Å². The molecule has 0 aliphatic heterocycles. The topological polar surface area (TPSA) is 63.3 Å². The lowest BCUT2D eigenvalue weighted by molar-refractivity contribution is -0.112. The van der Waals surface area contributed by atoms with Crippen molar-refractivity contribution >= 4 is 5.78 Å². The number of hydrogen-bond acceptors (Lipinski definition) is 3. The lowest BCUT2D eigenvalue weighted by Crippen LogP contribution is -2.07. The van der Waals surface area contributed by atoms with Gasteiger partial charge in [-0.15, -0.1) is 0 Å². The first-order valence-corrected chi connectivity index (χ1v) is 2.54. The van der Waals surface area contributed by atoms with E-state index in [-0.39, 0.29) is 17.2 Å². The first kappa shape index (κ1) is 5.88. The fraction of sp³-hybridized carbons (Fsp3) is 0.167. The molecule has 48 valence electrons. The average molecular weight is 125 g/mol. The van der Waals surface area contributed by atoms with Crippen molar-refractivity contribution in [2.24, 2.45) is 5.73 Å². The summed E-state index contributed by atoms with van der Waals surface area (Å²) in [5, 5.41) is 8.84. The van der Waals surface area contributed by atoms with Crippen molar-refractivity contribution in [3.63, 3.8) is 0 Å². The number of carbonyl (C=O) groups excluding carboxylic acids is 1. The molecule has 0 spiro atoms. The van der Waals surface area contributed by atoms with Crippen LogP contribution in [0.2, 0.25) is 0 Å². The minimum Gasteiger partial charge on any atom is -0.507 e. The highest BCUT2D eigenvalue weighted by Crippen LogP contribution is 2.14. The Bertz CT molecular complexity index is 225. The van der Waals surface area contributed by atoms with E-state index < -0.39 is 0 Å². The zero-order chi connectivity index (χ0) is 7.02. The normalized spacial score (nSPS) is 18.8. The van der Waals surface area contributed by atoms with Crippen LogP contribution in [-0.4, -0.2) is 10.9 Å². The van der Waals surface area contributed by atoms with Crippen LogP contribution in [0.1, 0.15) is 6.92 Å². The van der Waals surface area contributed by atoms with Crippen LogP contribution in [0, 0.1) is 0 Å². The number of Topliss-reactive ketones (excluding diaryl/α,β-unsaturated/α-hetero) is 1. The molecule has 0 saturated carbocycles. The molecule has 0 heterocycles. The van der Waals surface area contributed by atoms with Gasteiger partial charge in [-0.2, -0.15) is 0 Å². The number of hydrogen-bond donors (Lipinski definition) is 2. The van der Waals surface area contributed by atoms with Gasteiger partial charge in [-0.05, 0) is 6.92 Å². The molecule has 1 aliphatic rings. The Morgan fingerprint density at radius 1 is 1.67 bits per heavy atom. The predicted molar refractivity (Wildman–Crippen MR) is 32.6 cm³/mol. The number of rotatable bonds is 0. The van der Waals surface area contributed by atoms with Crippen molar-refractivity contribution in [1.29, 1.82) is 0 Å². The van der Waals surface area contributed by atoms with Crippen molar-refractivity contribution in [2.45, 2.75) is 6.92 Å². The second-order valence-electron chi connectivity index (χ2n) is 1.94. The molecule has 0 aromatic carbocycles. The van der Waals surface area contributed by atoms with Crippen LogP contribution >= 0.6 is 0 Å². The van der Waals surface area contributed by atoms with Crippen LogP contribution in [0.3, 0.4) is 0 Å². The maximum atomic E-state index is 10.7. The SMILES string of the molecule is CC1=C(O)C=C(N)C1=O. The van der Waals surface area contributed by atoms with Gasteiger partial charge in [0.2, 0.25) is 5.78 Å². The highest BCUT2D eigenvalue weighted by molar-refractivity contribution is 6.10. The maximum absolute atomic E-state index is 10.7. The molecule has 0 atom stereocenters. The van der Waals surface area contributed by atoms with E-state index in [9.17, 15) is 4.79 Å². The van der Waals surface area contributed by atoms with Crippen LogP contribution in [0.25, 0.3) is 0 Å². The average Bonchev–Trinajstić information content (AvgIpc) is 1.98. The van der Waals surface area contributed by atoms with E-state index in [1.807, 2.05) is 0 Å². The van der Waals surface area contributed by atoms with Gasteiger partial charge in [-0.25, -0.2) is 0 Å². The molecule has 9 heavy (non-hydrogen) atoms. The van der Waals surface area contributed by atoms with E-state index in [1.54, 1.807) is 0 Å². The molecule has 0 radical (unpaired) electrons. The molecule has 0 aromatic heterocycles. The monoisotopic (exact) mass is 125 g/mol. The lowest BCUT2D eigenvalue weighted by atomic mass is 10.2. The highest BCUT2D eigenvalue weighted by Gasteiger charge is 2.18. The molecule has 0 bridgehead atoms. The van der Waals surface area contributed by atoms with E-state index in [0.717, 1.165) is 0 Å². The number of aliphatic hydroxyl groups excluding tert-OH is 1. The van der Waals surface area contributed by atoms with Crippen molar-refractivity contribution in [3.05, 3.63) is 23.1 Å². The molecule has 1 aliphatic carbocycles. The third-order valence-corrected chi connectivity index (χ3v) is 1.28. The Morgan fingerprint density at radius 3 is 2.33 bits per heavy atom. The first-order valence-electron chi connectivity index (χ1n) is 2.54. The van der Waals surface area contributed by atoms with Gasteiger partial charge in [0, 0.05) is 11.6 Å². The summed E-state index contributed by atoms with van der Waals surface area (Å²) in [4.78, 5) is 10.7. The number of carbonyl (C=O) groups is 1. The summed E-state index contributed by atoms with van der Waals surface area (Å²) in [5.74, 6) is -0.287. The van der Waals surface area contributed by atoms with Crippen LogP contribution in [0.5, 0.6) is 0 Å². The molecule has 0 unspecified atom stereocenters. The van der Waals surface area contributed by atoms with Crippen molar-refractivity contribution < 1.29 is 9.90 Å². The Kier molecular flexibility index (Phi) is 1.06. The van der Waals surface area contributed by atoms with Gasteiger partial charge in [0.25, 0.3) is 0 Å². The third-order valence-electron chi connectivity index (χ3n) is 1.28. The summed E-state index contributed by atoms with van der Waals surface area (Å²) >= 11 is 0. The first-order chi connectivity index (χ1) is 4.13. The smallest absolute Gasteiger partial charge is 0.208 e. The molecule has 0 saturated heterocycles. The van der Waals surface area contributed by atoms with Gasteiger partial charge >= 0.3 is 0 Å². The molecule has 3 N–H and O–H groups in total. The van der Waals surface area contributed by atoms with E-state index in [0.29, 0.717) is 5.57 Å². The van der Waals surface area contributed by atoms with E-state index >= 15 is 0 Å². The number of aliphatic hydroxyl groups is 1. The van der Waals surface area contributed by atoms with Crippen molar-refractivity contribution in [1.82, 2.24) is 0 Å². The van der Waals surface area contributed by atoms with Gasteiger partial charge in [0.05, 0.1) is 5.70 Å². The quantitative estimate of drug-likeness (QED) is 0.487. The summed E-state index contributed by atoms with van der Waals surface area (Å²) in [5.41, 5.74) is 5.61. The van der Waals surface area contributed by atoms with Crippen LogP contribution in [-0.2, 0) is 4.79 Å². The van der Waals surface area contributed by atoms with Crippen LogP contribution in [0.15, 0.2) is 23.1 Å². The Labute approximate surface area is 52.5 Å². The fourth-order valence-corrected chi connectivity index (χ4v) is 0.654. The molecule has 0 aromatic rings. The van der Waals surface area contributed by atoms with Crippen LogP contribution < -0.4 is 5.73 Å². The summed E-state index contributed by atoms with van der Waals surface area (Å²) in [6, 6.07) is 0.